The van der Waals surface area contributed by atoms with Crippen molar-refractivity contribution in [2.75, 3.05) is 12.4 Å². The maximum absolute atomic E-state index is 12.4. The molecular formula is C21H32N2O4S. The van der Waals surface area contributed by atoms with Crippen molar-refractivity contribution in [1.29, 1.82) is 0 Å². The Morgan fingerprint density at radius 3 is 2.14 bits per heavy atom. The van der Waals surface area contributed by atoms with Crippen molar-refractivity contribution in [2.45, 2.75) is 70.4 Å². The third-order valence-electron chi connectivity index (χ3n) is 4.06. The monoisotopic (exact) mass is 408 g/mol. The second-order valence-electron chi connectivity index (χ2n) is 6.88. The highest BCUT2D eigenvalue weighted by Crippen LogP contribution is 2.23. The Labute approximate surface area is 172 Å². The molecule has 6 nitrogen and oxygen atoms in total. The van der Waals surface area contributed by atoms with Gasteiger partial charge in [-0.2, -0.15) is 0 Å². The van der Waals surface area contributed by atoms with E-state index in [1.807, 2.05) is 20.8 Å². The molecule has 2 amide bonds. The van der Waals surface area contributed by atoms with Crippen LogP contribution < -0.4 is 10.6 Å². The largest absolute Gasteiger partial charge is 0.452 e. The first-order chi connectivity index (χ1) is 13.4. The lowest BCUT2D eigenvalue weighted by Gasteiger charge is -2.14. The van der Waals surface area contributed by atoms with Gasteiger partial charge in [-0.1, -0.05) is 38.8 Å². The smallest absolute Gasteiger partial charge is 0.339 e. The number of benzene rings is 1. The molecule has 0 radical (unpaired) electrons. The minimum atomic E-state index is -0.568. The summed E-state index contributed by atoms with van der Waals surface area (Å²) in [7, 11) is 0. The second-order valence-corrected chi connectivity index (χ2v) is 7.89. The van der Waals surface area contributed by atoms with Crippen LogP contribution in [-0.4, -0.2) is 42.2 Å². The van der Waals surface area contributed by atoms with E-state index in [9.17, 15) is 14.4 Å². The molecule has 0 unspecified atom stereocenters. The lowest BCUT2D eigenvalue weighted by atomic mass is 10.2. The Morgan fingerprint density at radius 2 is 1.54 bits per heavy atom. The van der Waals surface area contributed by atoms with Crippen molar-refractivity contribution < 1.29 is 19.1 Å². The minimum Gasteiger partial charge on any atom is -0.452 e. The van der Waals surface area contributed by atoms with Gasteiger partial charge in [0.15, 0.2) is 6.61 Å². The summed E-state index contributed by atoms with van der Waals surface area (Å²) in [5.41, 5.74) is 0.358. The van der Waals surface area contributed by atoms with E-state index in [1.54, 1.807) is 24.3 Å². The summed E-state index contributed by atoms with van der Waals surface area (Å²) in [4.78, 5) is 37.0. The molecule has 0 fully saturated rings. The molecule has 1 rings (SSSR count). The van der Waals surface area contributed by atoms with Gasteiger partial charge in [0.05, 0.1) is 11.3 Å². The average molecular weight is 409 g/mol. The maximum Gasteiger partial charge on any atom is 0.339 e. The van der Waals surface area contributed by atoms with Gasteiger partial charge in [-0.3, -0.25) is 9.59 Å². The van der Waals surface area contributed by atoms with Gasteiger partial charge in [0, 0.05) is 17.0 Å². The van der Waals surface area contributed by atoms with Crippen LogP contribution in [0.5, 0.6) is 0 Å². The van der Waals surface area contributed by atoms with Crippen molar-refractivity contribution in [3.05, 3.63) is 29.8 Å². The average Bonchev–Trinajstić information content (AvgIpc) is 2.65. The fourth-order valence-electron chi connectivity index (χ4n) is 2.76. The first kappa shape index (κ1) is 24.0. The molecule has 1 aromatic rings. The fourth-order valence-corrected chi connectivity index (χ4v) is 3.61. The van der Waals surface area contributed by atoms with Crippen LogP contribution in [0.25, 0.3) is 0 Å². The third-order valence-corrected chi connectivity index (χ3v) is 5.13. The number of ether oxygens (including phenoxy) is 1. The molecule has 0 aromatic heterocycles. The van der Waals surface area contributed by atoms with Gasteiger partial charge in [0.2, 0.25) is 5.91 Å². The number of hydrogen-bond donors (Lipinski definition) is 2. The summed E-state index contributed by atoms with van der Waals surface area (Å²) in [5.74, 6) is -0.740. The van der Waals surface area contributed by atoms with Crippen LogP contribution in [0.3, 0.4) is 0 Å². The van der Waals surface area contributed by atoms with Crippen LogP contribution in [0.1, 0.15) is 63.7 Å². The molecule has 156 valence electrons. The van der Waals surface area contributed by atoms with Crippen molar-refractivity contribution in [2.24, 2.45) is 0 Å². The number of carbonyl (C=O) groups excluding carboxylic acids is 3. The third kappa shape index (κ3) is 9.26. The SMILES string of the molecule is CCC[C@@H](C)NC(=O)COC(=O)c1ccccc1SCC(=O)N[C@H](C)CCC. The lowest BCUT2D eigenvalue weighted by Crippen LogP contribution is -2.35. The molecule has 0 saturated heterocycles. The van der Waals surface area contributed by atoms with Crippen molar-refractivity contribution >= 4 is 29.5 Å². The predicted molar refractivity (Wildman–Crippen MR) is 112 cm³/mol. The highest BCUT2D eigenvalue weighted by molar-refractivity contribution is 8.00. The molecule has 1 aromatic carbocycles. The molecule has 0 saturated carbocycles. The second kappa shape index (κ2) is 13.2. The molecular weight excluding hydrogens is 376 g/mol. The first-order valence-corrected chi connectivity index (χ1v) is 10.8. The van der Waals surface area contributed by atoms with Crippen LogP contribution in [0.4, 0.5) is 0 Å². The number of rotatable bonds is 12. The Hall–Kier alpha value is -2.02. The van der Waals surface area contributed by atoms with E-state index >= 15 is 0 Å². The predicted octanol–water partition coefficient (Wildman–Crippen LogP) is 3.55. The zero-order valence-electron chi connectivity index (χ0n) is 17.2. The van der Waals surface area contributed by atoms with Crippen LogP contribution in [0.2, 0.25) is 0 Å². The molecule has 0 bridgehead atoms. The van der Waals surface area contributed by atoms with Gasteiger partial charge < -0.3 is 15.4 Å². The standard InChI is InChI=1S/C21H32N2O4S/c1-5-9-15(3)22-19(24)13-27-21(26)17-11-7-8-12-18(17)28-14-20(25)23-16(4)10-6-2/h7-8,11-12,15-16H,5-6,9-10,13-14H2,1-4H3,(H,22,24)(H,23,25)/t15-,16-/m1/s1. The highest BCUT2D eigenvalue weighted by Gasteiger charge is 2.16. The van der Waals surface area contributed by atoms with Gasteiger partial charge in [-0.25, -0.2) is 4.79 Å². The van der Waals surface area contributed by atoms with Crippen molar-refractivity contribution in [1.82, 2.24) is 10.6 Å². The zero-order valence-corrected chi connectivity index (χ0v) is 18.1. The number of hydrogen-bond acceptors (Lipinski definition) is 5. The molecule has 7 heteroatoms. The van der Waals surface area contributed by atoms with Crippen molar-refractivity contribution in [3.63, 3.8) is 0 Å². The Kier molecular flexibility index (Phi) is 11.3. The quantitative estimate of drug-likeness (QED) is 0.408. The molecule has 0 aliphatic heterocycles. The molecule has 2 N–H and O–H groups in total. The minimum absolute atomic E-state index is 0.0488. The summed E-state index contributed by atoms with van der Waals surface area (Å²) in [5, 5.41) is 5.74. The maximum atomic E-state index is 12.4. The summed E-state index contributed by atoms with van der Waals surface area (Å²) in [6, 6.07) is 7.12. The molecule has 2 atom stereocenters. The summed E-state index contributed by atoms with van der Waals surface area (Å²) in [6.45, 7) is 7.69. The highest BCUT2D eigenvalue weighted by atomic mass is 32.2. The van der Waals surface area contributed by atoms with Crippen LogP contribution in [0, 0.1) is 0 Å². The van der Waals surface area contributed by atoms with Crippen LogP contribution in [0.15, 0.2) is 29.2 Å². The van der Waals surface area contributed by atoms with E-state index in [0.29, 0.717) is 10.5 Å². The van der Waals surface area contributed by atoms with Crippen molar-refractivity contribution in [3.8, 4) is 0 Å². The van der Waals surface area contributed by atoms with E-state index in [1.165, 1.54) is 11.8 Å². The topological polar surface area (TPSA) is 84.5 Å². The van der Waals surface area contributed by atoms with E-state index in [0.717, 1.165) is 25.7 Å². The van der Waals surface area contributed by atoms with E-state index in [2.05, 4.69) is 17.6 Å². The number of nitrogens with one attached hydrogen (secondary N) is 2. The summed E-state index contributed by atoms with van der Waals surface area (Å²) in [6.07, 6.45) is 3.78. The van der Waals surface area contributed by atoms with E-state index < -0.39 is 5.97 Å². The molecule has 28 heavy (non-hydrogen) atoms. The normalized spacial score (nSPS) is 12.7. The van der Waals surface area contributed by atoms with Gasteiger partial charge >= 0.3 is 5.97 Å². The Bertz CT molecular complexity index is 651. The van der Waals surface area contributed by atoms with Gasteiger partial charge in [0.25, 0.3) is 5.91 Å². The molecule has 0 aliphatic rings. The van der Waals surface area contributed by atoms with Gasteiger partial charge in [0.1, 0.15) is 0 Å². The lowest BCUT2D eigenvalue weighted by molar-refractivity contribution is -0.125. The molecule has 0 heterocycles. The van der Waals surface area contributed by atoms with Gasteiger partial charge in [-0.05, 0) is 38.8 Å². The Morgan fingerprint density at radius 1 is 0.964 bits per heavy atom. The van der Waals surface area contributed by atoms with Crippen LogP contribution in [-0.2, 0) is 14.3 Å². The summed E-state index contributed by atoms with van der Waals surface area (Å²) < 4.78 is 5.15. The number of amides is 2. The number of esters is 1. The van der Waals surface area contributed by atoms with E-state index in [4.69, 9.17) is 4.74 Å². The van der Waals surface area contributed by atoms with Crippen LogP contribution >= 0.6 is 11.8 Å². The zero-order chi connectivity index (χ0) is 20.9. The van der Waals surface area contributed by atoms with E-state index in [-0.39, 0.29) is 36.3 Å². The summed E-state index contributed by atoms with van der Waals surface area (Å²) >= 11 is 1.28. The van der Waals surface area contributed by atoms with Gasteiger partial charge in [-0.15, -0.1) is 11.8 Å². The molecule has 0 spiro atoms. The first-order valence-electron chi connectivity index (χ1n) is 9.85. The fraction of sp³-hybridized carbons (Fsp3) is 0.571. The number of carbonyl (C=O) groups is 3. The number of thioether (sulfide) groups is 1. The Balaban J connectivity index is 2.56. The molecule has 0 aliphatic carbocycles.